The van der Waals surface area contributed by atoms with Gasteiger partial charge in [-0.05, 0) is 54.7 Å². The number of pyridine rings is 1. The quantitative estimate of drug-likeness (QED) is 0.911. The second-order valence-corrected chi connectivity index (χ2v) is 8.16. The molecule has 5 nitrogen and oxygen atoms in total. The summed E-state index contributed by atoms with van der Waals surface area (Å²) in [5, 5.41) is 7.45. The van der Waals surface area contributed by atoms with Gasteiger partial charge in [0.2, 0.25) is 5.91 Å². The predicted molar refractivity (Wildman–Crippen MR) is 99.1 cm³/mol. The van der Waals surface area contributed by atoms with E-state index < -0.39 is 0 Å². The van der Waals surface area contributed by atoms with Crippen molar-refractivity contribution in [1.82, 2.24) is 14.8 Å². The number of aromatic nitrogens is 3. The summed E-state index contributed by atoms with van der Waals surface area (Å²) in [6.45, 7) is 7.57. The minimum atomic E-state index is 0.113. The number of hydrogen-bond acceptors (Lipinski definition) is 3. The van der Waals surface area contributed by atoms with Crippen LogP contribution >= 0.6 is 0 Å². The Kier molecular flexibility index (Phi) is 5.21. The van der Waals surface area contributed by atoms with E-state index in [2.05, 4.69) is 36.2 Å². The zero-order valence-electron chi connectivity index (χ0n) is 15.4. The molecule has 2 aromatic heterocycles. The first-order chi connectivity index (χ1) is 11.9. The third-order valence-corrected chi connectivity index (χ3v) is 5.31. The van der Waals surface area contributed by atoms with E-state index in [0.717, 1.165) is 37.2 Å². The van der Waals surface area contributed by atoms with E-state index in [1.165, 1.54) is 0 Å². The molecule has 0 radical (unpaired) electrons. The molecule has 0 aliphatic heterocycles. The van der Waals surface area contributed by atoms with E-state index in [0.29, 0.717) is 17.8 Å². The fraction of sp³-hybridized carbons (Fsp3) is 0.550. The van der Waals surface area contributed by atoms with Crippen LogP contribution in [0.15, 0.2) is 36.8 Å². The molecule has 25 heavy (non-hydrogen) atoms. The second kappa shape index (κ2) is 7.38. The van der Waals surface area contributed by atoms with Crippen LogP contribution in [0.5, 0.6) is 0 Å². The van der Waals surface area contributed by atoms with E-state index in [1.54, 1.807) is 12.4 Å². The molecule has 5 heteroatoms. The van der Waals surface area contributed by atoms with Crippen molar-refractivity contribution in [3.05, 3.63) is 42.4 Å². The highest BCUT2D eigenvalue weighted by molar-refractivity contribution is 5.91. The highest BCUT2D eigenvalue weighted by atomic mass is 16.2. The van der Waals surface area contributed by atoms with E-state index >= 15 is 0 Å². The monoisotopic (exact) mass is 340 g/mol. The zero-order valence-corrected chi connectivity index (χ0v) is 15.4. The molecular weight excluding hydrogens is 312 g/mol. The maximum atomic E-state index is 12.5. The third kappa shape index (κ3) is 4.68. The number of carbonyl (C=O) groups excluding carboxylic acids is 1. The van der Waals surface area contributed by atoms with Gasteiger partial charge in [0.15, 0.2) is 5.82 Å². The summed E-state index contributed by atoms with van der Waals surface area (Å²) in [4.78, 5) is 16.5. The average molecular weight is 340 g/mol. The Labute approximate surface area is 149 Å². The minimum absolute atomic E-state index is 0.113. The van der Waals surface area contributed by atoms with E-state index in [9.17, 15) is 4.79 Å². The van der Waals surface area contributed by atoms with Crippen LogP contribution in [0.3, 0.4) is 0 Å². The molecule has 1 N–H and O–H groups in total. The van der Waals surface area contributed by atoms with Crippen LogP contribution in [0.4, 0.5) is 5.82 Å². The van der Waals surface area contributed by atoms with Crippen molar-refractivity contribution in [1.29, 1.82) is 0 Å². The standard InChI is InChI=1S/C20H28N4O/c1-20(2,3)17-6-4-16(5-7-17)19(25)22-18-10-13-24(23-18)14-15-8-11-21-12-9-15/h8-13,16-17H,4-7,14H2,1-3H3,(H,22,23,25). The van der Waals surface area contributed by atoms with Crippen LogP contribution in [0, 0.1) is 17.3 Å². The third-order valence-electron chi connectivity index (χ3n) is 5.31. The summed E-state index contributed by atoms with van der Waals surface area (Å²) in [7, 11) is 0. The molecule has 2 aromatic rings. The Hall–Kier alpha value is -2.17. The lowest BCUT2D eigenvalue weighted by Gasteiger charge is -2.36. The SMILES string of the molecule is CC(C)(C)C1CCC(C(=O)Nc2ccn(Cc3ccncc3)n2)CC1. The van der Waals surface area contributed by atoms with Crippen molar-refractivity contribution in [2.75, 3.05) is 5.32 Å². The molecule has 0 unspecified atom stereocenters. The van der Waals surface area contributed by atoms with Gasteiger partial charge >= 0.3 is 0 Å². The molecule has 0 aromatic carbocycles. The smallest absolute Gasteiger partial charge is 0.228 e. The van der Waals surface area contributed by atoms with Crippen molar-refractivity contribution in [3.63, 3.8) is 0 Å². The number of nitrogens with zero attached hydrogens (tertiary/aromatic N) is 3. The maximum Gasteiger partial charge on any atom is 0.228 e. The van der Waals surface area contributed by atoms with Gasteiger partial charge in [0.25, 0.3) is 0 Å². The molecule has 2 heterocycles. The lowest BCUT2D eigenvalue weighted by Crippen LogP contribution is -2.31. The number of hydrogen-bond donors (Lipinski definition) is 1. The maximum absolute atomic E-state index is 12.5. The van der Waals surface area contributed by atoms with E-state index in [4.69, 9.17) is 0 Å². The molecule has 1 saturated carbocycles. The Balaban J connectivity index is 1.52. The number of carbonyl (C=O) groups is 1. The summed E-state index contributed by atoms with van der Waals surface area (Å²) in [6, 6.07) is 5.79. The first kappa shape index (κ1) is 17.6. The van der Waals surface area contributed by atoms with Crippen molar-refractivity contribution < 1.29 is 4.79 Å². The summed E-state index contributed by atoms with van der Waals surface area (Å²) >= 11 is 0. The second-order valence-electron chi connectivity index (χ2n) is 8.16. The lowest BCUT2D eigenvalue weighted by molar-refractivity contribution is -0.121. The zero-order chi connectivity index (χ0) is 17.9. The van der Waals surface area contributed by atoms with Gasteiger partial charge < -0.3 is 5.32 Å². The van der Waals surface area contributed by atoms with Crippen LogP contribution in [0.2, 0.25) is 0 Å². The molecule has 0 atom stereocenters. The normalized spacial score (nSPS) is 21.1. The molecular formula is C20H28N4O. The molecule has 3 rings (SSSR count). The topological polar surface area (TPSA) is 59.8 Å². The van der Waals surface area contributed by atoms with Crippen LogP contribution in [-0.4, -0.2) is 20.7 Å². The van der Waals surface area contributed by atoms with Gasteiger partial charge in [-0.3, -0.25) is 14.5 Å². The molecule has 0 saturated heterocycles. The van der Waals surface area contributed by atoms with Gasteiger partial charge in [0, 0.05) is 30.6 Å². The van der Waals surface area contributed by atoms with Gasteiger partial charge in [-0.25, -0.2) is 0 Å². The van der Waals surface area contributed by atoms with Crippen LogP contribution in [0.1, 0.15) is 52.0 Å². The lowest BCUT2D eigenvalue weighted by atomic mass is 9.70. The van der Waals surface area contributed by atoms with Gasteiger partial charge in [0.05, 0.1) is 6.54 Å². The summed E-state index contributed by atoms with van der Waals surface area (Å²) in [6.07, 6.45) is 9.67. The average Bonchev–Trinajstić information content (AvgIpc) is 3.02. The van der Waals surface area contributed by atoms with Gasteiger partial charge in [-0.2, -0.15) is 5.10 Å². The molecule has 134 valence electrons. The van der Waals surface area contributed by atoms with Crippen molar-refractivity contribution in [2.24, 2.45) is 17.3 Å². The highest BCUT2D eigenvalue weighted by Crippen LogP contribution is 2.40. The molecule has 1 aliphatic carbocycles. The van der Waals surface area contributed by atoms with Gasteiger partial charge in [-0.15, -0.1) is 0 Å². The van der Waals surface area contributed by atoms with Gasteiger partial charge in [0.1, 0.15) is 0 Å². The molecule has 0 spiro atoms. The number of rotatable bonds is 4. The fourth-order valence-electron chi connectivity index (χ4n) is 3.64. The fourth-order valence-corrected chi connectivity index (χ4v) is 3.64. The minimum Gasteiger partial charge on any atom is -0.309 e. The Morgan fingerprint density at radius 1 is 1.16 bits per heavy atom. The number of nitrogens with one attached hydrogen (secondary N) is 1. The van der Waals surface area contributed by atoms with Crippen LogP contribution < -0.4 is 5.32 Å². The molecule has 1 fully saturated rings. The summed E-state index contributed by atoms with van der Waals surface area (Å²) in [5.41, 5.74) is 1.48. The van der Waals surface area contributed by atoms with Crippen LogP contribution in [0.25, 0.3) is 0 Å². The Morgan fingerprint density at radius 2 is 1.84 bits per heavy atom. The molecule has 1 amide bonds. The van der Waals surface area contributed by atoms with E-state index in [1.807, 2.05) is 29.1 Å². The van der Waals surface area contributed by atoms with Gasteiger partial charge in [-0.1, -0.05) is 20.8 Å². The van der Waals surface area contributed by atoms with Crippen molar-refractivity contribution >= 4 is 11.7 Å². The number of anilines is 1. The van der Waals surface area contributed by atoms with Crippen molar-refractivity contribution in [3.8, 4) is 0 Å². The number of amides is 1. The van der Waals surface area contributed by atoms with E-state index in [-0.39, 0.29) is 11.8 Å². The summed E-state index contributed by atoms with van der Waals surface area (Å²) in [5.74, 6) is 1.58. The summed E-state index contributed by atoms with van der Waals surface area (Å²) < 4.78 is 1.83. The molecule has 0 bridgehead atoms. The predicted octanol–water partition coefficient (Wildman–Crippen LogP) is 4.12. The van der Waals surface area contributed by atoms with Crippen LogP contribution in [-0.2, 0) is 11.3 Å². The largest absolute Gasteiger partial charge is 0.309 e. The Morgan fingerprint density at radius 3 is 2.48 bits per heavy atom. The highest BCUT2D eigenvalue weighted by Gasteiger charge is 2.32. The first-order valence-corrected chi connectivity index (χ1v) is 9.15. The first-order valence-electron chi connectivity index (χ1n) is 9.15. The molecule has 1 aliphatic rings. The van der Waals surface area contributed by atoms with Crippen molar-refractivity contribution in [2.45, 2.75) is 53.0 Å². The Bertz CT molecular complexity index is 694.